The minimum atomic E-state index is -4.52. The molecule has 2 aromatic carbocycles. The number of pyridine rings is 1. The van der Waals surface area contributed by atoms with Gasteiger partial charge in [0.2, 0.25) is 5.95 Å². The van der Waals surface area contributed by atoms with E-state index < -0.39 is 17.3 Å². The third-order valence-electron chi connectivity index (χ3n) is 6.83. The molecule has 1 unspecified atom stereocenters. The van der Waals surface area contributed by atoms with E-state index in [1.54, 1.807) is 12.3 Å². The Bertz CT molecular complexity index is 1450. The van der Waals surface area contributed by atoms with Crippen LogP contribution in [0.1, 0.15) is 29.5 Å². The SMILES string of the molecule is CN1CCCC(Cc2ccc(Nc3ncc4ccc(=O)n(Cc5ccccc5C(F)(F)F)c4n3)cc2)C1. The van der Waals surface area contributed by atoms with Crippen molar-refractivity contribution in [3.8, 4) is 0 Å². The maximum absolute atomic E-state index is 13.5. The summed E-state index contributed by atoms with van der Waals surface area (Å²) in [6.07, 6.45) is 0.538. The zero-order chi connectivity index (χ0) is 26.0. The van der Waals surface area contributed by atoms with Gasteiger partial charge in [-0.2, -0.15) is 18.2 Å². The van der Waals surface area contributed by atoms with Crippen molar-refractivity contribution < 1.29 is 13.2 Å². The summed E-state index contributed by atoms with van der Waals surface area (Å²) in [4.78, 5) is 23.9. The van der Waals surface area contributed by atoms with E-state index in [1.807, 2.05) is 12.1 Å². The van der Waals surface area contributed by atoms with Gasteiger partial charge in [-0.3, -0.25) is 9.36 Å². The second-order valence-electron chi connectivity index (χ2n) is 9.68. The highest BCUT2D eigenvalue weighted by Gasteiger charge is 2.33. The summed E-state index contributed by atoms with van der Waals surface area (Å²) in [5.74, 6) is 0.915. The molecule has 192 valence electrons. The molecule has 6 nitrogen and oxygen atoms in total. The molecule has 0 aliphatic carbocycles. The molecule has 1 fully saturated rings. The first-order chi connectivity index (χ1) is 17.8. The van der Waals surface area contributed by atoms with E-state index in [1.165, 1.54) is 47.2 Å². The number of anilines is 2. The zero-order valence-electron chi connectivity index (χ0n) is 20.5. The molecule has 9 heteroatoms. The fourth-order valence-corrected chi connectivity index (χ4v) is 5.02. The number of nitrogens with zero attached hydrogens (tertiary/aromatic N) is 4. The molecular weight excluding hydrogens is 479 g/mol. The molecular formula is C28H28F3N5O. The Morgan fingerprint density at radius 3 is 2.59 bits per heavy atom. The van der Waals surface area contributed by atoms with Crippen molar-refractivity contribution in [2.75, 3.05) is 25.5 Å². The summed E-state index contributed by atoms with van der Waals surface area (Å²) >= 11 is 0. The Hall–Kier alpha value is -3.72. The van der Waals surface area contributed by atoms with Gasteiger partial charge in [-0.05, 0) is 74.2 Å². The third kappa shape index (κ3) is 5.83. The molecule has 2 aromatic heterocycles. The Kier molecular flexibility index (Phi) is 6.97. The smallest absolute Gasteiger partial charge is 0.324 e. The molecule has 1 saturated heterocycles. The van der Waals surface area contributed by atoms with Crippen LogP contribution in [-0.4, -0.2) is 39.6 Å². The number of alkyl halides is 3. The molecule has 0 spiro atoms. The maximum Gasteiger partial charge on any atom is 0.416 e. The Labute approximate surface area is 212 Å². The first-order valence-corrected chi connectivity index (χ1v) is 12.3. The van der Waals surface area contributed by atoms with Crippen LogP contribution in [0.3, 0.4) is 0 Å². The minimum absolute atomic E-state index is 0.00234. The molecule has 0 radical (unpaired) electrons. The molecule has 1 aliphatic heterocycles. The van der Waals surface area contributed by atoms with Gasteiger partial charge in [0.25, 0.3) is 5.56 Å². The number of fused-ring (bicyclic) bond motifs is 1. The summed E-state index contributed by atoms with van der Waals surface area (Å²) in [5.41, 5.74) is 1.11. The van der Waals surface area contributed by atoms with Crippen molar-refractivity contribution >= 4 is 22.7 Å². The molecule has 37 heavy (non-hydrogen) atoms. The molecule has 3 heterocycles. The number of aromatic nitrogens is 3. The van der Waals surface area contributed by atoms with Crippen molar-refractivity contribution in [2.24, 2.45) is 5.92 Å². The van der Waals surface area contributed by atoms with Crippen LogP contribution in [-0.2, 0) is 19.1 Å². The van der Waals surface area contributed by atoms with E-state index >= 15 is 0 Å². The lowest BCUT2D eigenvalue weighted by Crippen LogP contribution is -2.32. The Morgan fingerprint density at radius 2 is 1.84 bits per heavy atom. The topological polar surface area (TPSA) is 63.1 Å². The van der Waals surface area contributed by atoms with Crippen LogP contribution in [0.2, 0.25) is 0 Å². The molecule has 0 bridgehead atoms. The van der Waals surface area contributed by atoms with Gasteiger partial charge in [0, 0.05) is 29.9 Å². The molecule has 0 amide bonds. The van der Waals surface area contributed by atoms with Crippen LogP contribution in [0, 0.1) is 5.92 Å². The van der Waals surface area contributed by atoms with E-state index in [0.29, 0.717) is 11.3 Å². The van der Waals surface area contributed by atoms with E-state index in [4.69, 9.17) is 0 Å². The Morgan fingerprint density at radius 1 is 1.05 bits per heavy atom. The number of likely N-dealkylation sites (tertiary alicyclic amines) is 1. The molecule has 1 aliphatic rings. The molecule has 4 aromatic rings. The highest BCUT2D eigenvalue weighted by Crippen LogP contribution is 2.32. The van der Waals surface area contributed by atoms with Crippen molar-refractivity contribution in [3.63, 3.8) is 0 Å². The fraction of sp³-hybridized carbons (Fsp3) is 0.321. The lowest BCUT2D eigenvalue weighted by molar-refractivity contribution is -0.138. The van der Waals surface area contributed by atoms with Crippen molar-refractivity contribution in [3.05, 3.63) is 93.9 Å². The number of halogens is 3. The third-order valence-corrected chi connectivity index (χ3v) is 6.83. The van der Waals surface area contributed by atoms with E-state index in [-0.39, 0.29) is 23.7 Å². The summed E-state index contributed by atoms with van der Waals surface area (Å²) in [6, 6.07) is 16.2. The monoisotopic (exact) mass is 507 g/mol. The molecule has 1 N–H and O–H groups in total. The average molecular weight is 508 g/mol. The van der Waals surface area contributed by atoms with Gasteiger partial charge >= 0.3 is 6.18 Å². The molecule has 1 atom stereocenters. The summed E-state index contributed by atoms with van der Waals surface area (Å²) in [5, 5.41) is 3.71. The quantitative estimate of drug-likeness (QED) is 0.374. The van der Waals surface area contributed by atoms with Gasteiger partial charge < -0.3 is 10.2 Å². The van der Waals surface area contributed by atoms with Crippen LogP contribution < -0.4 is 10.9 Å². The summed E-state index contributed by atoms with van der Waals surface area (Å²) < 4.78 is 41.8. The summed E-state index contributed by atoms with van der Waals surface area (Å²) in [6.45, 7) is 2.02. The van der Waals surface area contributed by atoms with E-state index in [0.717, 1.165) is 31.3 Å². The highest BCUT2D eigenvalue weighted by molar-refractivity contribution is 5.75. The van der Waals surface area contributed by atoms with E-state index in [9.17, 15) is 18.0 Å². The van der Waals surface area contributed by atoms with Crippen molar-refractivity contribution in [1.82, 2.24) is 19.4 Å². The van der Waals surface area contributed by atoms with Crippen molar-refractivity contribution in [1.29, 1.82) is 0 Å². The van der Waals surface area contributed by atoms with Gasteiger partial charge in [-0.15, -0.1) is 0 Å². The zero-order valence-corrected chi connectivity index (χ0v) is 20.5. The van der Waals surface area contributed by atoms with Crippen LogP contribution in [0.5, 0.6) is 0 Å². The summed E-state index contributed by atoms with van der Waals surface area (Å²) in [7, 11) is 2.16. The predicted octanol–water partition coefficient (Wildman–Crippen LogP) is 5.49. The lowest BCUT2D eigenvalue weighted by atomic mass is 9.91. The molecule has 0 saturated carbocycles. The van der Waals surface area contributed by atoms with Crippen LogP contribution in [0.15, 0.2) is 71.7 Å². The largest absolute Gasteiger partial charge is 0.416 e. The normalized spacial score (nSPS) is 16.7. The van der Waals surface area contributed by atoms with Crippen LogP contribution >= 0.6 is 0 Å². The standard InChI is InChI=1S/C28H28F3N5O/c1-35-14-4-5-20(17-35)15-19-8-11-23(12-9-19)33-27-32-16-21-10-13-25(37)36(26(21)34-27)18-22-6-2-3-7-24(22)28(29,30)31/h2-3,6-13,16,20H,4-5,14-15,17-18H2,1H3,(H,32,33,34). The minimum Gasteiger partial charge on any atom is -0.324 e. The van der Waals surface area contributed by atoms with Gasteiger partial charge in [0.1, 0.15) is 5.65 Å². The van der Waals surface area contributed by atoms with Gasteiger partial charge in [-0.25, -0.2) is 4.98 Å². The van der Waals surface area contributed by atoms with Gasteiger partial charge in [-0.1, -0.05) is 30.3 Å². The average Bonchev–Trinajstić information content (AvgIpc) is 2.87. The maximum atomic E-state index is 13.5. The van der Waals surface area contributed by atoms with Crippen LogP contribution in [0.25, 0.3) is 11.0 Å². The first kappa shape index (κ1) is 25.0. The van der Waals surface area contributed by atoms with Gasteiger partial charge in [0.15, 0.2) is 0 Å². The Balaban J connectivity index is 1.38. The predicted molar refractivity (Wildman–Crippen MR) is 138 cm³/mol. The fourth-order valence-electron chi connectivity index (χ4n) is 5.02. The first-order valence-electron chi connectivity index (χ1n) is 12.3. The number of hydrogen-bond donors (Lipinski definition) is 1. The number of piperidine rings is 1. The van der Waals surface area contributed by atoms with Crippen LogP contribution in [0.4, 0.5) is 24.8 Å². The van der Waals surface area contributed by atoms with Gasteiger partial charge in [0.05, 0.1) is 12.1 Å². The number of hydrogen-bond acceptors (Lipinski definition) is 5. The highest BCUT2D eigenvalue weighted by atomic mass is 19.4. The lowest BCUT2D eigenvalue weighted by Gasteiger charge is -2.29. The second kappa shape index (κ2) is 10.3. The number of nitrogens with one attached hydrogen (secondary N) is 1. The number of benzene rings is 2. The van der Waals surface area contributed by atoms with E-state index in [2.05, 4.69) is 39.4 Å². The molecule has 5 rings (SSSR count). The number of rotatable bonds is 6. The van der Waals surface area contributed by atoms with Crippen molar-refractivity contribution in [2.45, 2.75) is 32.0 Å². The second-order valence-corrected chi connectivity index (χ2v) is 9.68.